The number of carbonyl (C=O) groups is 1. The van der Waals surface area contributed by atoms with E-state index in [1.54, 1.807) is 6.92 Å². The van der Waals surface area contributed by atoms with Crippen LogP contribution in [0.4, 0.5) is 0 Å². The van der Waals surface area contributed by atoms with E-state index in [2.05, 4.69) is 24.5 Å². The standard InChI is InChI=1S/C12H24N2O3S/c1-9(2)4-6-13-12(15)10(3)14-11-5-7-18(16,17)8-11/h9-11,14H,4-8H2,1-3H3,(H,13,15). The predicted molar refractivity (Wildman–Crippen MR) is 72.1 cm³/mol. The third kappa shape index (κ3) is 5.35. The SMILES string of the molecule is CC(C)CCNC(=O)C(C)NC1CCS(=O)(=O)C1. The highest BCUT2D eigenvalue weighted by Gasteiger charge is 2.29. The molecule has 0 aliphatic carbocycles. The third-order valence-corrected chi connectivity index (χ3v) is 4.90. The van der Waals surface area contributed by atoms with Crippen molar-refractivity contribution in [2.45, 2.75) is 45.7 Å². The van der Waals surface area contributed by atoms with Crippen molar-refractivity contribution in [2.75, 3.05) is 18.1 Å². The van der Waals surface area contributed by atoms with E-state index in [1.165, 1.54) is 0 Å². The highest BCUT2D eigenvalue weighted by molar-refractivity contribution is 7.91. The Balaban J connectivity index is 2.28. The Kier molecular flexibility index (Phi) is 5.59. The molecule has 1 fully saturated rings. The molecule has 1 amide bonds. The maximum atomic E-state index is 11.8. The zero-order valence-corrected chi connectivity index (χ0v) is 12.2. The van der Waals surface area contributed by atoms with Crippen molar-refractivity contribution in [3.8, 4) is 0 Å². The fourth-order valence-electron chi connectivity index (χ4n) is 1.99. The number of rotatable bonds is 6. The van der Waals surface area contributed by atoms with Crippen molar-refractivity contribution >= 4 is 15.7 Å². The molecule has 2 atom stereocenters. The zero-order valence-electron chi connectivity index (χ0n) is 11.4. The number of hydrogen-bond donors (Lipinski definition) is 2. The lowest BCUT2D eigenvalue weighted by Crippen LogP contribution is -2.47. The summed E-state index contributed by atoms with van der Waals surface area (Å²) >= 11 is 0. The van der Waals surface area contributed by atoms with Crippen LogP contribution in [0.15, 0.2) is 0 Å². The minimum Gasteiger partial charge on any atom is -0.355 e. The van der Waals surface area contributed by atoms with Crippen molar-refractivity contribution in [2.24, 2.45) is 5.92 Å². The third-order valence-electron chi connectivity index (χ3n) is 3.13. The molecule has 2 N–H and O–H groups in total. The lowest BCUT2D eigenvalue weighted by atomic mass is 10.1. The van der Waals surface area contributed by atoms with Crippen LogP contribution in [0.25, 0.3) is 0 Å². The Hall–Kier alpha value is -0.620. The van der Waals surface area contributed by atoms with E-state index in [-0.39, 0.29) is 29.5 Å². The first-order chi connectivity index (χ1) is 8.30. The average molecular weight is 276 g/mol. The lowest BCUT2D eigenvalue weighted by Gasteiger charge is -2.18. The van der Waals surface area contributed by atoms with Crippen LogP contribution in [-0.2, 0) is 14.6 Å². The fourth-order valence-corrected chi connectivity index (χ4v) is 3.68. The lowest BCUT2D eigenvalue weighted by molar-refractivity contribution is -0.122. The summed E-state index contributed by atoms with van der Waals surface area (Å²) in [6.45, 7) is 6.66. The van der Waals surface area contributed by atoms with E-state index in [4.69, 9.17) is 0 Å². The molecule has 1 aliphatic rings. The van der Waals surface area contributed by atoms with Crippen LogP contribution in [-0.4, -0.2) is 44.5 Å². The van der Waals surface area contributed by atoms with Crippen LogP contribution in [0.2, 0.25) is 0 Å². The summed E-state index contributed by atoms with van der Waals surface area (Å²) in [5.41, 5.74) is 0. The minimum absolute atomic E-state index is 0.0556. The van der Waals surface area contributed by atoms with Crippen molar-refractivity contribution in [3.05, 3.63) is 0 Å². The molecule has 0 spiro atoms. The molecule has 1 aliphatic heterocycles. The first kappa shape index (κ1) is 15.4. The van der Waals surface area contributed by atoms with Crippen LogP contribution < -0.4 is 10.6 Å². The molecule has 0 radical (unpaired) electrons. The first-order valence-corrected chi connectivity index (χ1v) is 8.36. The van der Waals surface area contributed by atoms with Crippen LogP contribution in [0.1, 0.15) is 33.6 Å². The van der Waals surface area contributed by atoms with Gasteiger partial charge in [-0.1, -0.05) is 13.8 Å². The van der Waals surface area contributed by atoms with E-state index in [0.717, 1.165) is 6.42 Å². The summed E-state index contributed by atoms with van der Waals surface area (Å²) in [5.74, 6) is 0.886. The van der Waals surface area contributed by atoms with Gasteiger partial charge in [-0.05, 0) is 25.7 Å². The van der Waals surface area contributed by atoms with Crippen LogP contribution in [0.3, 0.4) is 0 Å². The summed E-state index contributed by atoms with van der Waals surface area (Å²) < 4.78 is 22.6. The molecule has 5 nitrogen and oxygen atoms in total. The van der Waals surface area contributed by atoms with Gasteiger partial charge in [0.1, 0.15) is 0 Å². The number of nitrogens with one attached hydrogen (secondary N) is 2. The largest absolute Gasteiger partial charge is 0.355 e. The molecule has 2 unspecified atom stereocenters. The summed E-state index contributed by atoms with van der Waals surface area (Å²) in [6.07, 6.45) is 1.56. The highest BCUT2D eigenvalue weighted by Crippen LogP contribution is 2.11. The normalized spacial score (nSPS) is 24.1. The molecule has 0 aromatic carbocycles. The van der Waals surface area contributed by atoms with Gasteiger partial charge >= 0.3 is 0 Å². The Morgan fingerprint density at radius 3 is 2.50 bits per heavy atom. The summed E-state index contributed by atoms with van der Waals surface area (Å²) in [7, 11) is -2.89. The molecule has 0 aromatic rings. The molecule has 106 valence electrons. The molecule has 0 aromatic heterocycles. The van der Waals surface area contributed by atoms with E-state index in [9.17, 15) is 13.2 Å². The molecule has 18 heavy (non-hydrogen) atoms. The van der Waals surface area contributed by atoms with Gasteiger partial charge in [0.05, 0.1) is 17.5 Å². The summed E-state index contributed by atoms with van der Waals surface area (Å²) in [5, 5.41) is 5.94. The van der Waals surface area contributed by atoms with E-state index in [0.29, 0.717) is 18.9 Å². The van der Waals surface area contributed by atoms with Gasteiger partial charge in [0.25, 0.3) is 0 Å². The van der Waals surface area contributed by atoms with Gasteiger partial charge < -0.3 is 10.6 Å². The molecule has 0 bridgehead atoms. The molecule has 1 saturated heterocycles. The summed E-state index contributed by atoms with van der Waals surface area (Å²) in [4.78, 5) is 11.8. The smallest absolute Gasteiger partial charge is 0.236 e. The van der Waals surface area contributed by atoms with Gasteiger partial charge in [-0.2, -0.15) is 0 Å². The van der Waals surface area contributed by atoms with Gasteiger partial charge in [-0.25, -0.2) is 8.42 Å². The minimum atomic E-state index is -2.89. The van der Waals surface area contributed by atoms with Gasteiger partial charge in [0.15, 0.2) is 9.84 Å². The number of sulfone groups is 1. The number of carbonyl (C=O) groups excluding carboxylic acids is 1. The predicted octanol–water partition coefficient (Wildman–Crippen LogP) is 0.314. The maximum absolute atomic E-state index is 11.8. The second kappa shape index (κ2) is 6.52. The second-order valence-electron chi connectivity index (χ2n) is 5.46. The van der Waals surface area contributed by atoms with Crippen molar-refractivity contribution in [3.63, 3.8) is 0 Å². The van der Waals surface area contributed by atoms with Gasteiger partial charge in [-0.3, -0.25) is 4.79 Å². The highest BCUT2D eigenvalue weighted by atomic mass is 32.2. The first-order valence-electron chi connectivity index (χ1n) is 6.54. The summed E-state index contributed by atoms with van der Waals surface area (Å²) in [6, 6.07) is -0.420. The van der Waals surface area contributed by atoms with E-state index < -0.39 is 9.84 Å². The number of amides is 1. The molecule has 0 saturated carbocycles. The van der Waals surface area contributed by atoms with Crippen LogP contribution >= 0.6 is 0 Å². The van der Waals surface area contributed by atoms with Crippen LogP contribution in [0.5, 0.6) is 0 Å². The molecule has 6 heteroatoms. The Morgan fingerprint density at radius 1 is 1.33 bits per heavy atom. The van der Waals surface area contributed by atoms with E-state index in [1.807, 2.05) is 0 Å². The molecule has 1 heterocycles. The Morgan fingerprint density at radius 2 is 2.00 bits per heavy atom. The van der Waals surface area contributed by atoms with E-state index >= 15 is 0 Å². The molecular formula is C12H24N2O3S. The monoisotopic (exact) mass is 276 g/mol. The second-order valence-corrected chi connectivity index (χ2v) is 7.69. The van der Waals surface area contributed by atoms with Crippen molar-refractivity contribution < 1.29 is 13.2 Å². The van der Waals surface area contributed by atoms with Crippen molar-refractivity contribution in [1.29, 1.82) is 0 Å². The van der Waals surface area contributed by atoms with Crippen LogP contribution in [0, 0.1) is 5.92 Å². The van der Waals surface area contributed by atoms with Gasteiger partial charge in [0, 0.05) is 12.6 Å². The Labute approximate surface area is 110 Å². The van der Waals surface area contributed by atoms with Gasteiger partial charge in [0.2, 0.25) is 5.91 Å². The quantitative estimate of drug-likeness (QED) is 0.732. The van der Waals surface area contributed by atoms with Gasteiger partial charge in [-0.15, -0.1) is 0 Å². The zero-order chi connectivity index (χ0) is 13.8. The Bertz CT molecular complexity index is 379. The maximum Gasteiger partial charge on any atom is 0.236 e. The molecular weight excluding hydrogens is 252 g/mol. The number of hydrogen-bond acceptors (Lipinski definition) is 4. The molecule has 1 rings (SSSR count). The topological polar surface area (TPSA) is 75.3 Å². The van der Waals surface area contributed by atoms with Crippen molar-refractivity contribution in [1.82, 2.24) is 10.6 Å². The average Bonchev–Trinajstić information content (AvgIpc) is 2.57. The fraction of sp³-hybridized carbons (Fsp3) is 0.917.